The summed E-state index contributed by atoms with van der Waals surface area (Å²) in [7, 11) is 2.08. The van der Waals surface area contributed by atoms with Crippen molar-refractivity contribution < 1.29 is 0 Å². The highest BCUT2D eigenvalue weighted by molar-refractivity contribution is 5.76. The SMILES string of the molecule is CC(C)C(C)N(C)CCC(=N)N. The van der Waals surface area contributed by atoms with Gasteiger partial charge >= 0.3 is 0 Å². The molecule has 0 aliphatic carbocycles. The van der Waals surface area contributed by atoms with Gasteiger partial charge in [-0.25, -0.2) is 0 Å². The number of amidine groups is 1. The zero-order valence-corrected chi connectivity index (χ0v) is 8.59. The first-order valence-electron chi connectivity index (χ1n) is 4.48. The van der Waals surface area contributed by atoms with Gasteiger partial charge in [-0.2, -0.15) is 0 Å². The van der Waals surface area contributed by atoms with Crippen molar-refractivity contribution in [3.05, 3.63) is 0 Å². The average Bonchev–Trinajstić information content (AvgIpc) is 1.98. The van der Waals surface area contributed by atoms with E-state index in [-0.39, 0.29) is 5.84 Å². The summed E-state index contributed by atoms with van der Waals surface area (Å²) >= 11 is 0. The summed E-state index contributed by atoms with van der Waals surface area (Å²) < 4.78 is 0. The first-order valence-corrected chi connectivity index (χ1v) is 4.48. The second-order valence-corrected chi connectivity index (χ2v) is 3.74. The minimum absolute atomic E-state index is 0.276. The van der Waals surface area contributed by atoms with Crippen molar-refractivity contribution >= 4 is 5.84 Å². The quantitative estimate of drug-likeness (QED) is 0.484. The van der Waals surface area contributed by atoms with Crippen molar-refractivity contribution in [2.75, 3.05) is 13.6 Å². The van der Waals surface area contributed by atoms with Gasteiger partial charge in [-0.15, -0.1) is 0 Å². The first kappa shape index (κ1) is 11.4. The number of hydrogen-bond acceptors (Lipinski definition) is 2. The average molecular weight is 171 g/mol. The zero-order chi connectivity index (χ0) is 9.72. The summed E-state index contributed by atoms with van der Waals surface area (Å²) in [6, 6.07) is 0.560. The third-order valence-corrected chi connectivity index (χ3v) is 2.39. The van der Waals surface area contributed by atoms with Gasteiger partial charge in [0, 0.05) is 19.0 Å². The van der Waals surface area contributed by atoms with Crippen LogP contribution in [0.2, 0.25) is 0 Å². The summed E-state index contributed by atoms with van der Waals surface area (Å²) in [5, 5.41) is 7.09. The standard InChI is InChI=1S/C9H21N3/c1-7(2)8(3)12(4)6-5-9(10)11/h7-8H,5-6H2,1-4H3,(H3,10,11). The predicted octanol–water partition coefficient (Wildman–Crippen LogP) is 1.29. The molecule has 0 aliphatic heterocycles. The fourth-order valence-corrected chi connectivity index (χ4v) is 1.01. The zero-order valence-electron chi connectivity index (χ0n) is 8.59. The van der Waals surface area contributed by atoms with Crippen molar-refractivity contribution in [2.45, 2.75) is 33.2 Å². The Morgan fingerprint density at radius 3 is 2.25 bits per heavy atom. The van der Waals surface area contributed by atoms with E-state index in [0.29, 0.717) is 18.4 Å². The monoisotopic (exact) mass is 171 g/mol. The molecule has 3 nitrogen and oxygen atoms in total. The lowest BCUT2D eigenvalue weighted by Gasteiger charge is -2.27. The van der Waals surface area contributed by atoms with Gasteiger partial charge in [-0.1, -0.05) is 13.8 Å². The fourth-order valence-electron chi connectivity index (χ4n) is 1.01. The molecule has 0 heterocycles. The van der Waals surface area contributed by atoms with Gasteiger partial charge < -0.3 is 10.6 Å². The molecule has 12 heavy (non-hydrogen) atoms. The molecule has 1 atom stereocenters. The maximum absolute atomic E-state index is 7.09. The number of rotatable bonds is 5. The van der Waals surface area contributed by atoms with Crippen molar-refractivity contribution in [1.82, 2.24) is 4.90 Å². The Bertz CT molecular complexity index is 143. The van der Waals surface area contributed by atoms with Crippen LogP contribution in [0, 0.1) is 11.3 Å². The highest BCUT2D eigenvalue weighted by Crippen LogP contribution is 2.07. The topological polar surface area (TPSA) is 53.1 Å². The molecule has 72 valence electrons. The normalized spacial score (nSPS) is 13.8. The van der Waals surface area contributed by atoms with E-state index in [0.717, 1.165) is 6.54 Å². The van der Waals surface area contributed by atoms with Crippen LogP contribution in [0.3, 0.4) is 0 Å². The van der Waals surface area contributed by atoms with Crippen LogP contribution in [0.25, 0.3) is 0 Å². The number of nitrogens with two attached hydrogens (primary N) is 1. The molecule has 0 saturated heterocycles. The van der Waals surface area contributed by atoms with E-state index in [2.05, 4.69) is 32.7 Å². The second-order valence-electron chi connectivity index (χ2n) is 3.74. The lowest BCUT2D eigenvalue weighted by molar-refractivity contribution is 0.213. The summed E-state index contributed by atoms with van der Waals surface area (Å²) in [4.78, 5) is 2.24. The summed E-state index contributed by atoms with van der Waals surface area (Å²) in [6.45, 7) is 7.49. The largest absolute Gasteiger partial charge is 0.388 e. The number of hydrogen-bond donors (Lipinski definition) is 2. The second kappa shape index (κ2) is 5.14. The molecule has 0 aromatic rings. The van der Waals surface area contributed by atoms with Gasteiger partial charge in [0.25, 0.3) is 0 Å². The van der Waals surface area contributed by atoms with E-state index < -0.39 is 0 Å². The minimum Gasteiger partial charge on any atom is -0.388 e. The molecular formula is C9H21N3. The smallest absolute Gasteiger partial charge is 0.0918 e. The van der Waals surface area contributed by atoms with Crippen LogP contribution in [0.15, 0.2) is 0 Å². The Labute approximate surface area is 75.4 Å². The van der Waals surface area contributed by atoms with E-state index in [1.165, 1.54) is 0 Å². The molecule has 0 aliphatic rings. The summed E-state index contributed by atoms with van der Waals surface area (Å²) in [6.07, 6.45) is 0.674. The Morgan fingerprint density at radius 2 is 1.92 bits per heavy atom. The lowest BCUT2D eigenvalue weighted by Crippen LogP contribution is -2.35. The molecule has 0 aromatic carbocycles. The fraction of sp³-hybridized carbons (Fsp3) is 0.889. The molecular weight excluding hydrogens is 150 g/mol. The highest BCUT2D eigenvalue weighted by Gasteiger charge is 2.12. The molecule has 0 saturated carbocycles. The lowest BCUT2D eigenvalue weighted by atomic mass is 10.1. The van der Waals surface area contributed by atoms with Gasteiger partial charge in [-0.3, -0.25) is 5.41 Å². The first-order chi connectivity index (χ1) is 5.45. The molecule has 0 spiro atoms. The van der Waals surface area contributed by atoms with Crippen molar-refractivity contribution in [3.63, 3.8) is 0 Å². The molecule has 0 amide bonds. The van der Waals surface area contributed by atoms with Crippen molar-refractivity contribution in [3.8, 4) is 0 Å². The molecule has 3 heteroatoms. The van der Waals surface area contributed by atoms with Crippen LogP contribution in [-0.4, -0.2) is 30.4 Å². The maximum atomic E-state index is 7.09. The van der Waals surface area contributed by atoms with Gasteiger partial charge in [0.05, 0.1) is 5.84 Å². The molecule has 0 rings (SSSR count). The Morgan fingerprint density at radius 1 is 1.42 bits per heavy atom. The van der Waals surface area contributed by atoms with Crippen LogP contribution in [0.5, 0.6) is 0 Å². The van der Waals surface area contributed by atoms with Gasteiger partial charge in [0.2, 0.25) is 0 Å². The van der Waals surface area contributed by atoms with Crippen LogP contribution >= 0.6 is 0 Å². The molecule has 0 fully saturated rings. The van der Waals surface area contributed by atoms with E-state index in [4.69, 9.17) is 11.1 Å². The predicted molar refractivity (Wildman–Crippen MR) is 53.5 cm³/mol. The van der Waals surface area contributed by atoms with E-state index >= 15 is 0 Å². The number of nitrogens with one attached hydrogen (secondary N) is 1. The van der Waals surface area contributed by atoms with Crippen molar-refractivity contribution in [1.29, 1.82) is 5.41 Å². The highest BCUT2D eigenvalue weighted by atomic mass is 15.1. The maximum Gasteiger partial charge on any atom is 0.0918 e. The third kappa shape index (κ3) is 4.34. The Balaban J connectivity index is 3.71. The van der Waals surface area contributed by atoms with Crippen LogP contribution < -0.4 is 5.73 Å². The molecule has 0 radical (unpaired) electrons. The Hall–Kier alpha value is -0.570. The van der Waals surface area contributed by atoms with E-state index in [1.807, 2.05) is 0 Å². The van der Waals surface area contributed by atoms with Gasteiger partial charge in [0.1, 0.15) is 0 Å². The van der Waals surface area contributed by atoms with Crippen LogP contribution in [0.1, 0.15) is 27.2 Å². The molecule has 0 aromatic heterocycles. The summed E-state index contributed by atoms with van der Waals surface area (Å²) in [5.74, 6) is 0.930. The minimum atomic E-state index is 0.276. The molecule has 0 bridgehead atoms. The van der Waals surface area contributed by atoms with E-state index in [1.54, 1.807) is 0 Å². The summed E-state index contributed by atoms with van der Waals surface area (Å²) in [5.41, 5.74) is 5.27. The van der Waals surface area contributed by atoms with Crippen molar-refractivity contribution in [2.24, 2.45) is 11.7 Å². The van der Waals surface area contributed by atoms with Gasteiger partial charge in [0.15, 0.2) is 0 Å². The van der Waals surface area contributed by atoms with Crippen LogP contribution in [0.4, 0.5) is 0 Å². The Kier molecular flexibility index (Phi) is 4.90. The third-order valence-electron chi connectivity index (χ3n) is 2.39. The number of nitrogens with zero attached hydrogens (tertiary/aromatic N) is 1. The van der Waals surface area contributed by atoms with Gasteiger partial charge in [-0.05, 0) is 19.9 Å². The van der Waals surface area contributed by atoms with E-state index in [9.17, 15) is 0 Å². The molecule has 3 N–H and O–H groups in total. The molecule has 1 unspecified atom stereocenters. The van der Waals surface area contributed by atoms with Crippen LogP contribution in [-0.2, 0) is 0 Å².